The van der Waals surface area contributed by atoms with Crippen molar-refractivity contribution in [1.82, 2.24) is 4.98 Å². The number of benzene rings is 2. The quantitative estimate of drug-likeness (QED) is 0.489. The van der Waals surface area contributed by atoms with E-state index in [1.54, 1.807) is 24.4 Å². The molecule has 1 aromatic heterocycles. The molecular formula is C25H29N3O4. The summed E-state index contributed by atoms with van der Waals surface area (Å²) in [6, 6.07) is 13.3. The average molecular weight is 436 g/mol. The van der Waals surface area contributed by atoms with Crippen molar-refractivity contribution in [3.05, 3.63) is 60.1 Å². The van der Waals surface area contributed by atoms with Gasteiger partial charge in [0, 0.05) is 31.0 Å². The number of aryl methyl sites for hydroxylation is 1. The Morgan fingerprint density at radius 2 is 1.84 bits per heavy atom. The molecule has 2 aromatic carbocycles. The predicted octanol–water partition coefficient (Wildman–Crippen LogP) is 5.08. The Hall–Kier alpha value is -3.61. The number of amides is 2. The molecule has 7 nitrogen and oxygen atoms in total. The molecule has 0 fully saturated rings. The normalized spacial score (nSPS) is 10.8. The Balaban J connectivity index is 1.59. The molecule has 7 heteroatoms. The van der Waals surface area contributed by atoms with Gasteiger partial charge in [-0.15, -0.1) is 0 Å². The van der Waals surface area contributed by atoms with E-state index in [0.717, 1.165) is 12.0 Å². The molecule has 0 bridgehead atoms. The van der Waals surface area contributed by atoms with E-state index in [1.807, 2.05) is 12.1 Å². The number of methoxy groups -OCH3 is 1. The van der Waals surface area contributed by atoms with Crippen molar-refractivity contribution in [1.29, 1.82) is 0 Å². The van der Waals surface area contributed by atoms with Crippen LogP contribution in [0, 0.1) is 5.92 Å². The molecule has 0 aliphatic rings. The Morgan fingerprint density at radius 1 is 1.09 bits per heavy atom. The van der Waals surface area contributed by atoms with Crippen LogP contribution in [0.1, 0.15) is 38.6 Å². The summed E-state index contributed by atoms with van der Waals surface area (Å²) in [6.45, 7) is 5.82. The van der Waals surface area contributed by atoms with Crippen LogP contribution in [0.25, 0.3) is 11.3 Å². The third-order valence-electron chi connectivity index (χ3n) is 4.80. The minimum absolute atomic E-state index is 0.193. The molecule has 0 saturated heterocycles. The topological polar surface area (TPSA) is 93.5 Å². The van der Waals surface area contributed by atoms with Crippen molar-refractivity contribution < 1.29 is 18.7 Å². The Morgan fingerprint density at radius 3 is 2.50 bits per heavy atom. The summed E-state index contributed by atoms with van der Waals surface area (Å²) in [5, 5.41) is 5.51. The fourth-order valence-electron chi connectivity index (χ4n) is 3.36. The fraction of sp³-hybridized carbons (Fsp3) is 0.320. The highest BCUT2D eigenvalue weighted by molar-refractivity contribution is 5.95. The maximum Gasteiger partial charge on any atom is 0.224 e. The second-order valence-corrected chi connectivity index (χ2v) is 8.06. The van der Waals surface area contributed by atoms with Gasteiger partial charge in [-0.25, -0.2) is 4.98 Å². The van der Waals surface area contributed by atoms with Crippen LogP contribution in [0.4, 0.5) is 11.4 Å². The summed E-state index contributed by atoms with van der Waals surface area (Å²) in [6.07, 6.45) is 3.28. The number of ether oxygens (including phenoxy) is 1. The molecule has 32 heavy (non-hydrogen) atoms. The van der Waals surface area contributed by atoms with E-state index in [9.17, 15) is 9.59 Å². The molecule has 0 saturated carbocycles. The number of oxazole rings is 1. The van der Waals surface area contributed by atoms with E-state index in [1.165, 1.54) is 19.6 Å². The molecule has 3 rings (SSSR count). The van der Waals surface area contributed by atoms with Gasteiger partial charge in [-0.3, -0.25) is 9.59 Å². The van der Waals surface area contributed by atoms with Crippen LogP contribution in [0.5, 0.6) is 5.75 Å². The van der Waals surface area contributed by atoms with Gasteiger partial charge in [0.05, 0.1) is 19.0 Å². The molecule has 0 spiro atoms. The molecule has 0 atom stereocenters. The van der Waals surface area contributed by atoms with Gasteiger partial charge in [-0.2, -0.15) is 0 Å². The molecule has 1 heterocycles. The molecule has 2 N–H and O–H groups in total. The minimum Gasteiger partial charge on any atom is -0.495 e. The van der Waals surface area contributed by atoms with Crippen LogP contribution in [-0.2, 0) is 22.4 Å². The van der Waals surface area contributed by atoms with E-state index in [4.69, 9.17) is 9.15 Å². The van der Waals surface area contributed by atoms with Crippen molar-refractivity contribution in [2.75, 3.05) is 17.7 Å². The van der Waals surface area contributed by atoms with Gasteiger partial charge in [-0.1, -0.05) is 38.1 Å². The van der Waals surface area contributed by atoms with E-state index >= 15 is 0 Å². The van der Waals surface area contributed by atoms with Crippen LogP contribution >= 0.6 is 0 Å². The number of hydrogen-bond acceptors (Lipinski definition) is 5. The number of anilines is 2. The van der Waals surface area contributed by atoms with Gasteiger partial charge in [0.15, 0.2) is 11.7 Å². The maximum atomic E-state index is 12.5. The molecule has 3 aromatic rings. The van der Waals surface area contributed by atoms with Crippen molar-refractivity contribution in [3.8, 4) is 17.1 Å². The first-order valence-corrected chi connectivity index (χ1v) is 10.6. The molecule has 0 aliphatic heterocycles. The summed E-state index contributed by atoms with van der Waals surface area (Å²) in [7, 11) is 1.52. The highest BCUT2D eigenvalue weighted by Crippen LogP contribution is 2.28. The number of aromatic nitrogens is 1. The van der Waals surface area contributed by atoms with Gasteiger partial charge >= 0.3 is 0 Å². The number of rotatable bonds is 9. The smallest absolute Gasteiger partial charge is 0.224 e. The van der Waals surface area contributed by atoms with E-state index in [0.29, 0.717) is 41.1 Å². The van der Waals surface area contributed by atoms with Crippen LogP contribution in [-0.4, -0.2) is 23.9 Å². The molecule has 0 unspecified atom stereocenters. The van der Waals surface area contributed by atoms with Crippen molar-refractivity contribution in [2.24, 2.45) is 5.92 Å². The lowest BCUT2D eigenvalue weighted by molar-refractivity contribution is -0.116. The zero-order valence-corrected chi connectivity index (χ0v) is 18.9. The Bertz CT molecular complexity index is 1070. The lowest BCUT2D eigenvalue weighted by Crippen LogP contribution is -2.14. The number of carbonyl (C=O) groups excluding carboxylic acids is 2. The summed E-state index contributed by atoms with van der Waals surface area (Å²) >= 11 is 0. The van der Waals surface area contributed by atoms with Crippen molar-refractivity contribution in [3.63, 3.8) is 0 Å². The first-order chi connectivity index (χ1) is 15.3. The van der Waals surface area contributed by atoms with Crippen LogP contribution in [0.15, 0.2) is 53.1 Å². The molecule has 0 aliphatic carbocycles. The van der Waals surface area contributed by atoms with E-state index < -0.39 is 0 Å². The predicted molar refractivity (Wildman–Crippen MR) is 125 cm³/mol. The first-order valence-electron chi connectivity index (χ1n) is 10.6. The van der Waals surface area contributed by atoms with Crippen LogP contribution < -0.4 is 15.4 Å². The number of carbonyl (C=O) groups is 2. The third-order valence-corrected chi connectivity index (χ3v) is 4.80. The molecule has 2 amide bonds. The fourth-order valence-corrected chi connectivity index (χ4v) is 3.36. The monoisotopic (exact) mass is 435 g/mol. The zero-order chi connectivity index (χ0) is 23.1. The van der Waals surface area contributed by atoms with Gasteiger partial charge in [0.2, 0.25) is 11.8 Å². The zero-order valence-electron chi connectivity index (χ0n) is 18.9. The van der Waals surface area contributed by atoms with E-state index in [-0.39, 0.29) is 18.2 Å². The largest absolute Gasteiger partial charge is 0.495 e. The summed E-state index contributed by atoms with van der Waals surface area (Å²) in [5.41, 5.74) is 3.31. The summed E-state index contributed by atoms with van der Waals surface area (Å²) < 4.78 is 11.1. The SMILES string of the molecule is COc1ccc(NC(C)=O)cc1NC(=O)CCc1ncc(-c2ccc(CC(C)C)cc2)o1. The minimum atomic E-state index is -0.207. The van der Waals surface area contributed by atoms with Gasteiger partial charge in [0.1, 0.15) is 5.75 Å². The standard InChI is InChI=1S/C25H29N3O4/c1-16(2)13-18-5-7-19(8-6-18)23-15-26-25(32-23)12-11-24(30)28-21-14-20(27-17(3)29)9-10-22(21)31-4/h5-10,14-16H,11-13H2,1-4H3,(H,27,29)(H,28,30). The van der Waals surface area contributed by atoms with E-state index in [2.05, 4.69) is 41.6 Å². The first kappa shape index (κ1) is 23.1. The lowest BCUT2D eigenvalue weighted by Gasteiger charge is -2.12. The second-order valence-electron chi connectivity index (χ2n) is 8.06. The van der Waals surface area contributed by atoms with Crippen LogP contribution in [0.2, 0.25) is 0 Å². The molecule has 168 valence electrons. The Labute approximate surface area is 188 Å². The average Bonchev–Trinajstić information content (AvgIpc) is 3.21. The number of nitrogens with one attached hydrogen (secondary N) is 2. The Kier molecular flexibility index (Phi) is 7.65. The van der Waals surface area contributed by atoms with Gasteiger partial charge < -0.3 is 19.8 Å². The van der Waals surface area contributed by atoms with Gasteiger partial charge in [0.25, 0.3) is 0 Å². The highest BCUT2D eigenvalue weighted by atomic mass is 16.5. The van der Waals surface area contributed by atoms with Crippen LogP contribution in [0.3, 0.4) is 0 Å². The highest BCUT2D eigenvalue weighted by Gasteiger charge is 2.12. The number of hydrogen-bond donors (Lipinski definition) is 2. The molecular weight excluding hydrogens is 406 g/mol. The third kappa shape index (κ3) is 6.44. The summed E-state index contributed by atoms with van der Waals surface area (Å²) in [4.78, 5) is 28.0. The lowest BCUT2D eigenvalue weighted by atomic mass is 10.0. The second kappa shape index (κ2) is 10.6. The van der Waals surface area contributed by atoms with Crippen molar-refractivity contribution in [2.45, 2.75) is 40.0 Å². The molecule has 0 radical (unpaired) electrons. The van der Waals surface area contributed by atoms with Crippen molar-refractivity contribution >= 4 is 23.2 Å². The summed E-state index contributed by atoms with van der Waals surface area (Å²) in [5.74, 6) is 1.90. The van der Waals surface area contributed by atoms with Gasteiger partial charge in [-0.05, 0) is 36.1 Å². The maximum absolute atomic E-state index is 12.5. The number of nitrogens with zero attached hydrogens (tertiary/aromatic N) is 1.